The Morgan fingerprint density at radius 3 is 2.64 bits per heavy atom. The number of carbonyl (C=O) groups is 1. The summed E-state index contributed by atoms with van der Waals surface area (Å²) in [5.41, 5.74) is 4.44. The first kappa shape index (κ1) is 13.8. The van der Waals surface area contributed by atoms with Crippen molar-refractivity contribution in [2.24, 2.45) is 0 Å². The smallest absolute Gasteiger partial charge is 0.195 e. The highest BCUT2D eigenvalue weighted by Crippen LogP contribution is 2.33. The number of nitrogens with one attached hydrogen (secondary N) is 2. The fourth-order valence-electron chi connectivity index (χ4n) is 3.38. The molecule has 2 heterocycles. The van der Waals surface area contributed by atoms with Gasteiger partial charge in [0.2, 0.25) is 0 Å². The third-order valence-electron chi connectivity index (χ3n) is 4.54. The molecular weight excluding hydrogens is 314 g/mol. The molecule has 3 aromatic carbocycles. The van der Waals surface area contributed by atoms with Crippen LogP contribution in [-0.2, 0) is 0 Å². The highest BCUT2D eigenvalue weighted by atomic mass is 16.3. The van der Waals surface area contributed by atoms with Gasteiger partial charge < -0.3 is 15.1 Å². The van der Waals surface area contributed by atoms with Gasteiger partial charge in [0.1, 0.15) is 11.3 Å². The van der Waals surface area contributed by atoms with Crippen molar-refractivity contribution in [1.82, 2.24) is 15.0 Å². The Labute approximate surface area is 141 Å². The Bertz CT molecular complexity index is 1260. The van der Waals surface area contributed by atoms with Gasteiger partial charge in [-0.2, -0.15) is 0 Å². The predicted molar refractivity (Wildman–Crippen MR) is 97.0 cm³/mol. The van der Waals surface area contributed by atoms with Crippen molar-refractivity contribution in [2.75, 3.05) is 0 Å². The van der Waals surface area contributed by atoms with Crippen LogP contribution >= 0.6 is 0 Å². The monoisotopic (exact) mass is 327 g/mol. The zero-order valence-corrected chi connectivity index (χ0v) is 13.1. The second-order valence-electron chi connectivity index (χ2n) is 6.02. The fraction of sp³-hybridized carbons (Fsp3) is 0. The first-order valence-electron chi connectivity index (χ1n) is 7.92. The van der Waals surface area contributed by atoms with Gasteiger partial charge in [0.25, 0.3) is 0 Å². The van der Waals surface area contributed by atoms with Crippen molar-refractivity contribution in [3.05, 3.63) is 72.1 Å². The standard InChI is InChI=1S/C20H13N3O2/c24-12-7-5-11(6-8-12)20(25)14-9-16-17(19-18(14)21-10-22-19)13-3-1-2-4-15(13)23-16/h1-10,23-24H,(H,21,22). The molecule has 0 radical (unpaired) electrons. The van der Waals surface area contributed by atoms with E-state index in [1.54, 1.807) is 18.5 Å². The molecule has 0 aliphatic carbocycles. The van der Waals surface area contributed by atoms with E-state index in [1.165, 1.54) is 12.1 Å². The minimum atomic E-state index is -0.127. The summed E-state index contributed by atoms with van der Waals surface area (Å²) in [5, 5.41) is 11.6. The maximum absolute atomic E-state index is 13.0. The Balaban J connectivity index is 1.83. The van der Waals surface area contributed by atoms with Crippen LogP contribution in [0.5, 0.6) is 5.75 Å². The fourth-order valence-corrected chi connectivity index (χ4v) is 3.38. The molecule has 0 spiro atoms. The predicted octanol–water partition coefficient (Wildman–Crippen LogP) is 4.13. The molecule has 5 nitrogen and oxygen atoms in total. The van der Waals surface area contributed by atoms with E-state index in [2.05, 4.69) is 21.0 Å². The Hall–Kier alpha value is -3.60. The molecule has 0 aliphatic rings. The van der Waals surface area contributed by atoms with E-state index in [0.29, 0.717) is 16.6 Å². The lowest BCUT2D eigenvalue weighted by Crippen LogP contribution is -2.02. The van der Waals surface area contributed by atoms with Crippen LogP contribution in [0.25, 0.3) is 32.8 Å². The highest BCUT2D eigenvalue weighted by Gasteiger charge is 2.19. The van der Waals surface area contributed by atoms with Gasteiger partial charge in [-0.1, -0.05) is 18.2 Å². The normalized spacial score (nSPS) is 11.5. The third-order valence-corrected chi connectivity index (χ3v) is 4.54. The minimum Gasteiger partial charge on any atom is -0.508 e. The molecule has 0 saturated carbocycles. The number of para-hydroxylation sites is 1. The summed E-state index contributed by atoms with van der Waals surface area (Å²) >= 11 is 0. The van der Waals surface area contributed by atoms with E-state index in [1.807, 2.05) is 24.3 Å². The molecule has 0 unspecified atom stereocenters. The minimum absolute atomic E-state index is 0.127. The van der Waals surface area contributed by atoms with Crippen molar-refractivity contribution in [2.45, 2.75) is 0 Å². The van der Waals surface area contributed by atoms with Crippen molar-refractivity contribution < 1.29 is 9.90 Å². The van der Waals surface area contributed by atoms with Gasteiger partial charge in [0.15, 0.2) is 5.78 Å². The number of carbonyl (C=O) groups excluding carboxylic acids is 1. The second-order valence-corrected chi connectivity index (χ2v) is 6.02. The lowest BCUT2D eigenvalue weighted by Gasteiger charge is -2.04. The number of ketones is 1. The van der Waals surface area contributed by atoms with Crippen LogP contribution in [0.15, 0.2) is 60.9 Å². The third kappa shape index (κ3) is 1.96. The van der Waals surface area contributed by atoms with Crippen LogP contribution in [0.2, 0.25) is 0 Å². The quantitative estimate of drug-likeness (QED) is 0.426. The molecule has 0 saturated heterocycles. The summed E-state index contributed by atoms with van der Waals surface area (Å²) in [6, 6.07) is 16.1. The summed E-state index contributed by atoms with van der Waals surface area (Å²) in [5.74, 6) is 0.00481. The SMILES string of the molecule is O=C(c1ccc(O)cc1)c1cc2[nH]c3ccccc3c2c2[nH]cnc12. The van der Waals surface area contributed by atoms with Crippen LogP contribution in [0.1, 0.15) is 15.9 Å². The van der Waals surface area contributed by atoms with Crippen LogP contribution in [-0.4, -0.2) is 25.8 Å². The van der Waals surface area contributed by atoms with Crippen molar-refractivity contribution in [3.63, 3.8) is 0 Å². The molecule has 0 bridgehead atoms. The molecule has 0 aliphatic heterocycles. The lowest BCUT2D eigenvalue weighted by atomic mass is 9.99. The Morgan fingerprint density at radius 1 is 1.00 bits per heavy atom. The number of aromatic hydroxyl groups is 1. The number of aromatic amines is 2. The van der Waals surface area contributed by atoms with Crippen molar-refractivity contribution in [1.29, 1.82) is 0 Å². The van der Waals surface area contributed by atoms with Gasteiger partial charge in [-0.05, 0) is 36.4 Å². The number of hydrogen-bond donors (Lipinski definition) is 3. The first-order valence-corrected chi connectivity index (χ1v) is 7.92. The van der Waals surface area contributed by atoms with E-state index in [0.717, 1.165) is 27.3 Å². The largest absolute Gasteiger partial charge is 0.508 e. The summed E-state index contributed by atoms with van der Waals surface area (Å²) in [6.07, 6.45) is 1.61. The molecule has 0 amide bonds. The number of nitrogens with zero attached hydrogens (tertiary/aromatic N) is 1. The van der Waals surface area contributed by atoms with E-state index in [9.17, 15) is 9.90 Å². The van der Waals surface area contributed by atoms with Gasteiger partial charge in [0, 0.05) is 27.4 Å². The van der Waals surface area contributed by atoms with Crippen LogP contribution in [0, 0.1) is 0 Å². The molecule has 0 fully saturated rings. The maximum atomic E-state index is 13.0. The number of phenols is 1. The maximum Gasteiger partial charge on any atom is 0.195 e. The molecule has 5 rings (SSSR count). The summed E-state index contributed by atoms with van der Waals surface area (Å²) < 4.78 is 0. The number of imidazole rings is 1. The molecule has 25 heavy (non-hydrogen) atoms. The van der Waals surface area contributed by atoms with Crippen LogP contribution < -0.4 is 0 Å². The van der Waals surface area contributed by atoms with Crippen molar-refractivity contribution >= 4 is 38.6 Å². The molecule has 5 heteroatoms. The molecular formula is C20H13N3O2. The lowest BCUT2D eigenvalue weighted by molar-refractivity contribution is 0.104. The molecule has 2 aromatic heterocycles. The zero-order chi connectivity index (χ0) is 17.0. The molecule has 3 N–H and O–H groups in total. The number of H-pyrrole nitrogens is 2. The first-order chi connectivity index (χ1) is 12.2. The van der Waals surface area contributed by atoms with Gasteiger partial charge in [-0.15, -0.1) is 0 Å². The van der Waals surface area contributed by atoms with Crippen molar-refractivity contribution in [3.8, 4) is 5.75 Å². The topological polar surface area (TPSA) is 81.8 Å². The Morgan fingerprint density at radius 2 is 1.80 bits per heavy atom. The number of benzene rings is 3. The van der Waals surface area contributed by atoms with E-state index < -0.39 is 0 Å². The molecule has 120 valence electrons. The average molecular weight is 327 g/mol. The number of phenolic OH excluding ortho intramolecular Hbond substituents is 1. The van der Waals surface area contributed by atoms with Crippen LogP contribution in [0.3, 0.4) is 0 Å². The summed E-state index contributed by atoms with van der Waals surface area (Å²) in [7, 11) is 0. The average Bonchev–Trinajstić information content (AvgIpc) is 3.24. The molecule has 0 atom stereocenters. The second kappa shape index (κ2) is 4.95. The number of hydrogen-bond acceptors (Lipinski definition) is 3. The van der Waals surface area contributed by atoms with Gasteiger partial charge >= 0.3 is 0 Å². The van der Waals surface area contributed by atoms with E-state index in [-0.39, 0.29) is 11.5 Å². The van der Waals surface area contributed by atoms with Gasteiger partial charge in [-0.25, -0.2) is 4.98 Å². The number of rotatable bonds is 2. The number of aromatic nitrogens is 3. The van der Waals surface area contributed by atoms with Gasteiger partial charge in [0.05, 0.1) is 17.4 Å². The van der Waals surface area contributed by atoms with E-state index >= 15 is 0 Å². The van der Waals surface area contributed by atoms with E-state index in [4.69, 9.17) is 0 Å². The molecule has 5 aromatic rings. The summed E-state index contributed by atoms with van der Waals surface area (Å²) in [4.78, 5) is 23.9. The van der Waals surface area contributed by atoms with Crippen LogP contribution in [0.4, 0.5) is 0 Å². The summed E-state index contributed by atoms with van der Waals surface area (Å²) in [6.45, 7) is 0. The van der Waals surface area contributed by atoms with Gasteiger partial charge in [-0.3, -0.25) is 4.79 Å². The zero-order valence-electron chi connectivity index (χ0n) is 13.1. The number of fused-ring (bicyclic) bond motifs is 5. The Kier molecular flexibility index (Phi) is 2.73. The highest BCUT2D eigenvalue weighted by molar-refractivity contribution is 6.25.